The SMILES string of the molecule is COC(=O)[C@H](Cc1ccccc1)CC(O)C[C@H](Cc1ccccc1)C(=O)OC. The molecule has 150 valence electrons. The van der Waals surface area contributed by atoms with Crippen LogP contribution in [0.3, 0.4) is 0 Å². The first-order valence-electron chi connectivity index (χ1n) is 9.45. The Labute approximate surface area is 166 Å². The van der Waals surface area contributed by atoms with Crippen molar-refractivity contribution in [1.82, 2.24) is 0 Å². The van der Waals surface area contributed by atoms with Gasteiger partial charge in [-0.05, 0) is 36.8 Å². The normalized spacial score (nSPS) is 14.0. The number of hydrogen-bond donors (Lipinski definition) is 1. The molecule has 0 heterocycles. The maximum Gasteiger partial charge on any atom is 0.309 e. The van der Waals surface area contributed by atoms with Gasteiger partial charge in [0.1, 0.15) is 0 Å². The first kappa shape index (κ1) is 21.6. The number of aliphatic hydroxyl groups excluding tert-OH is 1. The van der Waals surface area contributed by atoms with Crippen molar-refractivity contribution in [3.05, 3.63) is 71.8 Å². The summed E-state index contributed by atoms with van der Waals surface area (Å²) in [6, 6.07) is 19.2. The van der Waals surface area contributed by atoms with E-state index in [9.17, 15) is 14.7 Å². The number of ether oxygens (including phenoxy) is 2. The molecular weight excluding hydrogens is 356 g/mol. The number of esters is 2. The highest BCUT2D eigenvalue weighted by atomic mass is 16.5. The summed E-state index contributed by atoms with van der Waals surface area (Å²) < 4.78 is 9.83. The zero-order valence-corrected chi connectivity index (χ0v) is 16.4. The van der Waals surface area contributed by atoms with E-state index in [0.717, 1.165) is 11.1 Å². The molecule has 0 fully saturated rings. The monoisotopic (exact) mass is 384 g/mol. The third-order valence-electron chi connectivity index (χ3n) is 4.83. The third-order valence-corrected chi connectivity index (χ3v) is 4.83. The molecule has 28 heavy (non-hydrogen) atoms. The van der Waals surface area contributed by atoms with E-state index < -0.39 is 17.9 Å². The molecule has 0 aliphatic rings. The number of hydrogen-bond acceptors (Lipinski definition) is 5. The van der Waals surface area contributed by atoms with Crippen LogP contribution in [0.5, 0.6) is 0 Å². The van der Waals surface area contributed by atoms with E-state index in [1.54, 1.807) is 0 Å². The van der Waals surface area contributed by atoms with Gasteiger partial charge in [-0.25, -0.2) is 0 Å². The van der Waals surface area contributed by atoms with E-state index in [1.807, 2.05) is 60.7 Å². The van der Waals surface area contributed by atoms with Crippen molar-refractivity contribution in [3.63, 3.8) is 0 Å². The molecule has 2 aromatic carbocycles. The Morgan fingerprint density at radius 3 is 1.43 bits per heavy atom. The summed E-state index contributed by atoms with van der Waals surface area (Å²) >= 11 is 0. The third kappa shape index (κ3) is 6.82. The Balaban J connectivity index is 2.04. The lowest BCUT2D eigenvalue weighted by Gasteiger charge is -2.22. The molecule has 2 aromatic rings. The van der Waals surface area contributed by atoms with Crippen LogP contribution in [0.15, 0.2) is 60.7 Å². The molecule has 5 heteroatoms. The number of carbonyl (C=O) groups excluding carboxylic acids is 2. The smallest absolute Gasteiger partial charge is 0.309 e. The standard InChI is InChI=1S/C23H28O5/c1-27-22(25)19(13-17-9-5-3-6-10-17)15-21(24)16-20(23(26)28-2)14-18-11-7-4-8-12-18/h3-12,19-21,24H,13-16H2,1-2H3/t19-,20+,21?. The van der Waals surface area contributed by atoms with Crippen LogP contribution < -0.4 is 0 Å². The zero-order chi connectivity index (χ0) is 20.4. The van der Waals surface area contributed by atoms with Gasteiger partial charge >= 0.3 is 11.9 Å². The second-order valence-corrected chi connectivity index (χ2v) is 6.94. The number of benzene rings is 2. The lowest BCUT2D eigenvalue weighted by molar-refractivity contribution is -0.147. The Morgan fingerprint density at radius 2 is 1.11 bits per heavy atom. The fourth-order valence-electron chi connectivity index (χ4n) is 3.41. The first-order chi connectivity index (χ1) is 13.5. The van der Waals surface area contributed by atoms with Crippen LogP contribution in [-0.4, -0.2) is 37.4 Å². The van der Waals surface area contributed by atoms with Crippen molar-refractivity contribution in [1.29, 1.82) is 0 Å². The molecule has 0 aromatic heterocycles. The number of rotatable bonds is 10. The molecule has 0 aliphatic carbocycles. The van der Waals surface area contributed by atoms with Crippen LogP contribution >= 0.6 is 0 Å². The molecule has 0 saturated carbocycles. The van der Waals surface area contributed by atoms with Gasteiger partial charge in [-0.2, -0.15) is 0 Å². The van der Waals surface area contributed by atoms with Gasteiger partial charge in [-0.3, -0.25) is 9.59 Å². The molecule has 3 atom stereocenters. The molecule has 1 N–H and O–H groups in total. The summed E-state index contributed by atoms with van der Waals surface area (Å²) in [7, 11) is 2.69. The fourth-order valence-corrected chi connectivity index (χ4v) is 3.41. The van der Waals surface area contributed by atoms with E-state index in [-0.39, 0.29) is 24.8 Å². The second-order valence-electron chi connectivity index (χ2n) is 6.94. The van der Waals surface area contributed by atoms with Crippen LogP contribution in [0, 0.1) is 11.8 Å². The molecule has 1 unspecified atom stereocenters. The van der Waals surface area contributed by atoms with E-state index in [0.29, 0.717) is 12.8 Å². The molecule has 0 radical (unpaired) electrons. The van der Waals surface area contributed by atoms with Gasteiger partial charge < -0.3 is 14.6 Å². The molecule has 5 nitrogen and oxygen atoms in total. The molecule has 0 spiro atoms. The molecule has 0 bridgehead atoms. The minimum absolute atomic E-state index is 0.226. The highest BCUT2D eigenvalue weighted by Gasteiger charge is 2.28. The Morgan fingerprint density at radius 1 is 0.750 bits per heavy atom. The summed E-state index contributed by atoms with van der Waals surface area (Å²) in [5.74, 6) is -1.67. The van der Waals surface area contributed by atoms with E-state index >= 15 is 0 Å². The van der Waals surface area contributed by atoms with Gasteiger partial charge in [-0.15, -0.1) is 0 Å². The summed E-state index contributed by atoms with van der Waals surface area (Å²) in [5.41, 5.74) is 2.00. The molecular formula is C23H28O5. The highest BCUT2D eigenvalue weighted by molar-refractivity contribution is 5.73. The molecule has 2 rings (SSSR count). The Hall–Kier alpha value is -2.66. The van der Waals surface area contributed by atoms with E-state index in [4.69, 9.17) is 9.47 Å². The van der Waals surface area contributed by atoms with Crippen LogP contribution in [-0.2, 0) is 31.9 Å². The van der Waals surface area contributed by atoms with Crippen LogP contribution in [0.2, 0.25) is 0 Å². The fraction of sp³-hybridized carbons (Fsp3) is 0.391. The first-order valence-corrected chi connectivity index (χ1v) is 9.45. The van der Waals surface area contributed by atoms with Crippen molar-refractivity contribution < 1.29 is 24.2 Å². The average Bonchev–Trinajstić information content (AvgIpc) is 2.73. The van der Waals surface area contributed by atoms with Crippen molar-refractivity contribution >= 4 is 11.9 Å². The zero-order valence-electron chi connectivity index (χ0n) is 16.4. The average molecular weight is 384 g/mol. The predicted molar refractivity (Wildman–Crippen MR) is 107 cm³/mol. The predicted octanol–water partition coefficient (Wildman–Crippen LogP) is 3.19. The minimum Gasteiger partial charge on any atom is -0.469 e. The summed E-state index contributed by atoms with van der Waals surface area (Å²) in [6.45, 7) is 0. The van der Waals surface area contributed by atoms with Gasteiger partial charge in [0.05, 0.1) is 32.2 Å². The van der Waals surface area contributed by atoms with E-state index in [1.165, 1.54) is 14.2 Å². The lowest BCUT2D eigenvalue weighted by Crippen LogP contribution is -2.29. The topological polar surface area (TPSA) is 72.8 Å². The van der Waals surface area contributed by atoms with Crippen molar-refractivity contribution in [2.24, 2.45) is 11.8 Å². The van der Waals surface area contributed by atoms with Gasteiger partial charge in [-0.1, -0.05) is 60.7 Å². The Bertz CT molecular complexity index is 666. The minimum atomic E-state index is -0.819. The van der Waals surface area contributed by atoms with Crippen molar-refractivity contribution in [2.45, 2.75) is 31.8 Å². The largest absolute Gasteiger partial charge is 0.469 e. The quantitative estimate of drug-likeness (QED) is 0.637. The summed E-state index contributed by atoms with van der Waals surface area (Å²) in [6.07, 6.45) is 0.590. The summed E-state index contributed by atoms with van der Waals surface area (Å²) in [4.78, 5) is 24.4. The maximum absolute atomic E-state index is 12.2. The molecule has 0 saturated heterocycles. The maximum atomic E-state index is 12.2. The van der Waals surface area contributed by atoms with Gasteiger partial charge in [0, 0.05) is 0 Å². The second kappa shape index (κ2) is 11.2. The van der Waals surface area contributed by atoms with Gasteiger partial charge in [0.15, 0.2) is 0 Å². The summed E-state index contributed by atoms with van der Waals surface area (Å²) in [5, 5.41) is 10.6. The Kier molecular flexibility index (Phi) is 8.69. The van der Waals surface area contributed by atoms with Gasteiger partial charge in [0.2, 0.25) is 0 Å². The van der Waals surface area contributed by atoms with Crippen LogP contribution in [0.4, 0.5) is 0 Å². The molecule has 0 amide bonds. The van der Waals surface area contributed by atoms with Gasteiger partial charge in [0.25, 0.3) is 0 Å². The van der Waals surface area contributed by atoms with Crippen LogP contribution in [0.1, 0.15) is 24.0 Å². The van der Waals surface area contributed by atoms with Crippen molar-refractivity contribution in [2.75, 3.05) is 14.2 Å². The highest BCUT2D eigenvalue weighted by Crippen LogP contribution is 2.22. The lowest BCUT2D eigenvalue weighted by atomic mass is 9.87. The molecule has 0 aliphatic heterocycles. The number of carbonyl (C=O) groups is 2. The number of aliphatic hydroxyl groups is 1. The van der Waals surface area contributed by atoms with E-state index in [2.05, 4.69) is 0 Å². The van der Waals surface area contributed by atoms with Crippen LogP contribution in [0.25, 0.3) is 0 Å². The van der Waals surface area contributed by atoms with Crippen molar-refractivity contribution in [3.8, 4) is 0 Å². The number of methoxy groups -OCH3 is 2.